The summed E-state index contributed by atoms with van der Waals surface area (Å²) in [5.74, 6) is 0.185. The Morgan fingerprint density at radius 3 is 2.50 bits per heavy atom. The van der Waals surface area contributed by atoms with Gasteiger partial charge in [0.1, 0.15) is 18.5 Å². The molecule has 0 aliphatic heterocycles. The number of benzene rings is 1. The van der Waals surface area contributed by atoms with Crippen molar-refractivity contribution in [3.63, 3.8) is 0 Å². The van der Waals surface area contributed by atoms with Crippen LogP contribution in [0.1, 0.15) is 5.56 Å². The van der Waals surface area contributed by atoms with Crippen LogP contribution in [0.2, 0.25) is 0 Å². The molecule has 0 spiro atoms. The maximum Gasteiger partial charge on any atom is 0.221 e. The molecule has 4 N–H and O–H groups in total. The largest absolute Gasteiger partial charge is 0.491 e. The lowest BCUT2D eigenvalue weighted by atomic mass is 10.1. The standard InChI is InChI=1S/C11H15NO4/c12-11(15)5-8-1-3-10(4-2-8)16-7-9(14)6-13/h1-4,9,13-14H,5-7H2,(H2,12,15)/t9-/m0/s1. The molecule has 1 aromatic rings. The molecule has 0 aromatic heterocycles. The molecule has 0 fully saturated rings. The fourth-order valence-corrected chi connectivity index (χ4v) is 1.15. The van der Waals surface area contributed by atoms with Crippen LogP contribution < -0.4 is 10.5 Å². The van der Waals surface area contributed by atoms with Gasteiger partial charge in [-0.1, -0.05) is 12.1 Å². The maximum absolute atomic E-state index is 10.6. The smallest absolute Gasteiger partial charge is 0.221 e. The maximum atomic E-state index is 10.6. The van der Waals surface area contributed by atoms with Crippen molar-refractivity contribution in [1.82, 2.24) is 0 Å². The van der Waals surface area contributed by atoms with E-state index in [1.807, 2.05) is 0 Å². The van der Waals surface area contributed by atoms with Crippen LogP contribution in [0, 0.1) is 0 Å². The van der Waals surface area contributed by atoms with Gasteiger partial charge in [-0.25, -0.2) is 0 Å². The summed E-state index contributed by atoms with van der Waals surface area (Å²) in [6.07, 6.45) is -0.690. The number of hydrogen-bond donors (Lipinski definition) is 3. The van der Waals surface area contributed by atoms with Gasteiger partial charge >= 0.3 is 0 Å². The lowest BCUT2D eigenvalue weighted by molar-refractivity contribution is -0.117. The first-order chi connectivity index (χ1) is 7.61. The van der Waals surface area contributed by atoms with Crippen molar-refractivity contribution in [3.05, 3.63) is 29.8 Å². The molecule has 1 rings (SSSR count). The van der Waals surface area contributed by atoms with Gasteiger partial charge in [-0.3, -0.25) is 4.79 Å². The average molecular weight is 225 g/mol. The molecule has 0 heterocycles. The molecule has 5 nitrogen and oxygen atoms in total. The highest BCUT2D eigenvalue weighted by atomic mass is 16.5. The highest BCUT2D eigenvalue weighted by Crippen LogP contribution is 2.12. The minimum absolute atomic E-state index is 0.0334. The molecule has 1 aromatic carbocycles. The third-order valence-corrected chi connectivity index (χ3v) is 1.95. The van der Waals surface area contributed by atoms with Gasteiger partial charge < -0.3 is 20.7 Å². The van der Waals surface area contributed by atoms with Crippen molar-refractivity contribution < 1.29 is 19.7 Å². The van der Waals surface area contributed by atoms with E-state index >= 15 is 0 Å². The predicted octanol–water partition coefficient (Wildman–Crippen LogP) is -0.554. The summed E-state index contributed by atoms with van der Waals surface area (Å²) in [5.41, 5.74) is 5.86. The van der Waals surface area contributed by atoms with Crippen molar-refractivity contribution in [2.45, 2.75) is 12.5 Å². The first-order valence-electron chi connectivity index (χ1n) is 4.90. The van der Waals surface area contributed by atoms with Crippen LogP contribution in [0.3, 0.4) is 0 Å². The number of carbonyl (C=O) groups excluding carboxylic acids is 1. The van der Waals surface area contributed by atoms with Gasteiger partial charge in [-0.05, 0) is 17.7 Å². The molecule has 0 radical (unpaired) electrons. The number of aliphatic hydroxyl groups is 2. The second kappa shape index (κ2) is 6.09. The SMILES string of the molecule is NC(=O)Cc1ccc(OC[C@@H](O)CO)cc1. The van der Waals surface area contributed by atoms with Crippen LogP contribution >= 0.6 is 0 Å². The van der Waals surface area contributed by atoms with E-state index in [2.05, 4.69) is 0 Å². The number of hydrogen-bond acceptors (Lipinski definition) is 4. The number of rotatable bonds is 6. The Labute approximate surface area is 93.5 Å². The second-order valence-corrected chi connectivity index (χ2v) is 3.43. The van der Waals surface area contributed by atoms with Gasteiger partial charge in [0.2, 0.25) is 5.91 Å². The normalized spacial score (nSPS) is 12.1. The Bertz CT molecular complexity index is 336. The molecular weight excluding hydrogens is 210 g/mol. The monoisotopic (exact) mass is 225 g/mol. The van der Waals surface area contributed by atoms with E-state index in [1.165, 1.54) is 0 Å². The summed E-state index contributed by atoms with van der Waals surface area (Å²) in [4.78, 5) is 10.6. The average Bonchev–Trinajstić information content (AvgIpc) is 2.27. The highest BCUT2D eigenvalue weighted by Gasteiger charge is 2.03. The van der Waals surface area contributed by atoms with Crippen LogP contribution in [0.15, 0.2) is 24.3 Å². The third-order valence-electron chi connectivity index (χ3n) is 1.95. The molecular formula is C11H15NO4. The molecule has 16 heavy (non-hydrogen) atoms. The number of carbonyl (C=O) groups is 1. The highest BCUT2D eigenvalue weighted by molar-refractivity contribution is 5.76. The zero-order valence-corrected chi connectivity index (χ0v) is 8.80. The van der Waals surface area contributed by atoms with Crippen molar-refractivity contribution in [3.8, 4) is 5.75 Å². The van der Waals surface area contributed by atoms with E-state index in [9.17, 15) is 4.79 Å². The summed E-state index contributed by atoms with van der Waals surface area (Å²) in [7, 11) is 0. The third kappa shape index (κ3) is 4.29. The fourth-order valence-electron chi connectivity index (χ4n) is 1.15. The predicted molar refractivity (Wildman–Crippen MR) is 57.9 cm³/mol. The Morgan fingerprint density at radius 1 is 1.38 bits per heavy atom. The van der Waals surface area contributed by atoms with E-state index < -0.39 is 6.10 Å². The van der Waals surface area contributed by atoms with E-state index in [-0.39, 0.29) is 25.5 Å². The van der Waals surface area contributed by atoms with E-state index in [0.29, 0.717) is 5.75 Å². The zero-order valence-electron chi connectivity index (χ0n) is 8.80. The first kappa shape index (κ1) is 12.5. The van der Waals surface area contributed by atoms with Crippen LogP contribution in [0.25, 0.3) is 0 Å². The Hall–Kier alpha value is -1.59. The molecule has 0 aliphatic carbocycles. The minimum atomic E-state index is -0.884. The number of aliphatic hydroxyl groups excluding tert-OH is 2. The number of primary amides is 1. The van der Waals surface area contributed by atoms with Crippen LogP contribution in [0.5, 0.6) is 5.75 Å². The summed E-state index contributed by atoms with van der Waals surface area (Å²) in [5, 5.41) is 17.6. The minimum Gasteiger partial charge on any atom is -0.491 e. The summed E-state index contributed by atoms with van der Waals surface area (Å²) in [6.45, 7) is -0.300. The quantitative estimate of drug-likeness (QED) is 0.605. The molecule has 1 atom stereocenters. The lowest BCUT2D eigenvalue weighted by Gasteiger charge is -2.09. The van der Waals surface area contributed by atoms with Gasteiger partial charge in [-0.15, -0.1) is 0 Å². The van der Waals surface area contributed by atoms with Crippen LogP contribution in [0.4, 0.5) is 0 Å². The van der Waals surface area contributed by atoms with Gasteiger partial charge in [0.05, 0.1) is 13.0 Å². The van der Waals surface area contributed by atoms with Crippen molar-refractivity contribution >= 4 is 5.91 Å². The summed E-state index contributed by atoms with van der Waals surface area (Å²) >= 11 is 0. The van der Waals surface area contributed by atoms with Gasteiger partial charge in [-0.2, -0.15) is 0 Å². The lowest BCUT2D eigenvalue weighted by Crippen LogP contribution is -2.21. The molecule has 5 heteroatoms. The topological polar surface area (TPSA) is 92.8 Å². The molecule has 1 amide bonds. The van der Waals surface area contributed by atoms with Crippen molar-refractivity contribution in [2.75, 3.05) is 13.2 Å². The zero-order chi connectivity index (χ0) is 12.0. The molecule has 0 saturated carbocycles. The molecule has 88 valence electrons. The molecule has 0 unspecified atom stereocenters. The van der Waals surface area contributed by atoms with Crippen molar-refractivity contribution in [2.24, 2.45) is 5.73 Å². The number of ether oxygens (including phenoxy) is 1. The number of amides is 1. The Kier molecular flexibility index (Phi) is 4.75. The van der Waals surface area contributed by atoms with Crippen LogP contribution in [-0.2, 0) is 11.2 Å². The number of nitrogens with two attached hydrogens (primary N) is 1. The summed E-state index contributed by atoms with van der Waals surface area (Å²) in [6, 6.07) is 6.82. The Balaban J connectivity index is 2.48. The first-order valence-corrected chi connectivity index (χ1v) is 4.90. The second-order valence-electron chi connectivity index (χ2n) is 3.43. The molecule has 0 bridgehead atoms. The molecule has 0 aliphatic rings. The molecule has 0 saturated heterocycles. The van der Waals surface area contributed by atoms with E-state index in [1.54, 1.807) is 24.3 Å². The van der Waals surface area contributed by atoms with Crippen LogP contribution in [-0.4, -0.2) is 35.4 Å². The van der Waals surface area contributed by atoms with E-state index in [0.717, 1.165) is 5.56 Å². The van der Waals surface area contributed by atoms with Gasteiger partial charge in [0, 0.05) is 0 Å². The summed E-state index contributed by atoms with van der Waals surface area (Å²) < 4.78 is 5.19. The van der Waals surface area contributed by atoms with Crippen molar-refractivity contribution in [1.29, 1.82) is 0 Å². The fraction of sp³-hybridized carbons (Fsp3) is 0.364. The van der Waals surface area contributed by atoms with E-state index in [4.69, 9.17) is 20.7 Å². The Morgan fingerprint density at radius 2 is 2.00 bits per heavy atom. The van der Waals surface area contributed by atoms with Gasteiger partial charge in [0.15, 0.2) is 0 Å². The van der Waals surface area contributed by atoms with Gasteiger partial charge in [0.25, 0.3) is 0 Å².